The van der Waals surface area contributed by atoms with E-state index in [9.17, 15) is 9.59 Å². The van der Waals surface area contributed by atoms with Crippen LogP contribution in [0.4, 0.5) is 0 Å². The molecule has 0 saturated heterocycles. The molecule has 0 atom stereocenters. The molecule has 1 heterocycles. The lowest BCUT2D eigenvalue weighted by Gasteiger charge is -2.14. The predicted molar refractivity (Wildman–Crippen MR) is 132 cm³/mol. The molecule has 1 amide bonds. The van der Waals surface area contributed by atoms with Gasteiger partial charge in [-0.15, -0.1) is 0 Å². The van der Waals surface area contributed by atoms with Crippen molar-refractivity contribution in [2.24, 2.45) is 5.10 Å². The van der Waals surface area contributed by atoms with E-state index >= 15 is 0 Å². The maximum atomic E-state index is 12.3. The van der Waals surface area contributed by atoms with Crippen molar-refractivity contribution in [3.63, 3.8) is 0 Å². The van der Waals surface area contributed by atoms with Crippen molar-refractivity contribution in [1.82, 2.24) is 5.43 Å². The zero-order valence-corrected chi connectivity index (χ0v) is 21.4. The summed E-state index contributed by atoms with van der Waals surface area (Å²) in [6, 6.07) is 12.4. The molecule has 9 heteroatoms. The van der Waals surface area contributed by atoms with E-state index in [4.69, 9.17) is 13.9 Å². The number of hydrogen-bond donors (Lipinski definition) is 1. The Morgan fingerprint density at radius 2 is 1.97 bits per heavy atom. The molecule has 3 rings (SSSR count). The normalized spacial score (nSPS) is 11.1. The van der Waals surface area contributed by atoms with Gasteiger partial charge in [-0.2, -0.15) is 5.10 Å². The number of benzene rings is 2. The van der Waals surface area contributed by atoms with E-state index in [0.29, 0.717) is 15.8 Å². The number of ether oxygens (including phenoxy) is 2. The molecular weight excluding hydrogens is 556 g/mol. The molecule has 0 radical (unpaired) electrons. The highest BCUT2D eigenvalue weighted by atomic mass is 79.9. The minimum atomic E-state index is -0.658. The van der Waals surface area contributed by atoms with Gasteiger partial charge in [0.2, 0.25) is 5.76 Å². The SMILES string of the molecule is Cc1ccc(C(C)C)c(OCC(=O)N/N=C/c2cc(Br)cc(Br)c2OC(=O)c2ccco2)c1. The number of hydrazone groups is 1. The number of rotatable bonds is 8. The van der Waals surface area contributed by atoms with Crippen molar-refractivity contribution in [3.05, 3.63) is 80.1 Å². The average molecular weight is 578 g/mol. The van der Waals surface area contributed by atoms with Crippen LogP contribution in [0.3, 0.4) is 0 Å². The Kier molecular flexibility index (Phi) is 8.46. The highest BCUT2D eigenvalue weighted by Gasteiger charge is 2.17. The van der Waals surface area contributed by atoms with Gasteiger partial charge in [-0.3, -0.25) is 4.79 Å². The number of carbonyl (C=O) groups excluding carboxylic acids is 2. The number of hydrogen-bond acceptors (Lipinski definition) is 6. The molecule has 3 aromatic rings. The number of carbonyl (C=O) groups is 2. The van der Waals surface area contributed by atoms with Crippen LogP contribution in [-0.4, -0.2) is 24.7 Å². The predicted octanol–water partition coefficient (Wildman–Crippen LogP) is 5.98. The van der Waals surface area contributed by atoms with Crippen molar-refractivity contribution in [2.75, 3.05) is 6.61 Å². The fourth-order valence-electron chi connectivity index (χ4n) is 2.91. The molecule has 0 fully saturated rings. The van der Waals surface area contributed by atoms with Crippen molar-refractivity contribution in [2.45, 2.75) is 26.7 Å². The second-order valence-corrected chi connectivity index (χ2v) is 9.22. The summed E-state index contributed by atoms with van der Waals surface area (Å²) in [7, 11) is 0. The molecule has 0 aliphatic rings. The Balaban J connectivity index is 1.67. The van der Waals surface area contributed by atoms with Gasteiger partial charge < -0.3 is 13.9 Å². The van der Waals surface area contributed by atoms with E-state index < -0.39 is 11.9 Å². The second kappa shape index (κ2) is 11.3. The lowest BCUT2D eigenvalue weighted by Crippen LogP contribution is -2.25. The van der Waals surface area contributed by atoms with Crippen LogP contribution in [0.5, 0.6) is 11.5 Å². The van der Waals surface area contributed by atoms with Gasteiger partial charge in [0.25, 0.3) is 5.91 Å². The number of amides is 1. The summed E-state index contributed by atoms with van der Waals surface area (Å²) in [5.41, 5.74) is 4.96. The van der Waals surface area contributed by atoms with Crippen molar-refractivity contribution >= 4 is 50.0 Å². The van der Waals surface area contributed by atoms with E-state index in [1.54, 1.807) is 18.2 Å². The number of nitrogens with zero attached hydrogens (tertiary/aromatic N) is 1. The fourth-order valence-corrected chi connectivity index (χ4v) is 4.25. The molecular formula is C24H22Br2N2O5. The minimum Gasteiger partial charge on any atom is -0.483 e. The maximum Gasteiger partial charge on any atom is 0.379 e. The third-order valence-corrected chi connectivity index (χ3v) is 5.54. The maximum absolute atomic E-state index is 12.3. The van der Waals surface area contributed by atoms with Crippen LogP contribution >= 0.6 is 31.9 Å². The molecule has 172 valence electrons. The van der Waals surface area contributed by atoms with Crippen molar-refractivity contribution < 1.29 is 23.5 Å². The molecule has 33 heavy (non-hydrogen) atoms. The first kappa shape index (κ1) is 24.7. The van der Waals surface area contributed by atoms with Crippen molar-refractivity contribution in [1.29, 1.82) is 0 Å². The topological polar surface area (TPSA) is 90.1 Å². The first-order valence-electron chi connectivity index (χ1n) is 10.0. The van der Waals surface area contributed by atoms with Crippen LogP contribution in [-0.2, 0) is 4.79 Å². The Bertz CT molecular complexity index is 1170. The summed E-state index contributed by atoms with van der Waals surface area (Å²) >= 11 is 6.77. The van der Waals surface area contributed by atoms with Crippen LogP contribution in [0.1, 0.15) is 47.0 Å². The van der Waals surface area contributed by atoms with Crippen LogP contribution in [0.2, 0.25) is 0 Å². The van der Waals surface area contributed by atoms with Crippen LogP contribution < -0.4 is 14.9 Å². The third-order valence-electron chi connectivity index (χ3n) is 4.50. The van der Waals surface area contributed by atoms with Crippen LogP contribution in [0.15, 0.2) is 67.2 Å². The molecule has 0 bridgehead atoms. The van der Waals surface area contributed by atoms with Gasteiger partial charge >= 0.3 is 5.97 Å². The average Bonchev–Trinajstić information content (AvgIpc) is 3.29. The number of esters is 1. The largest absolute Gasteiger partial charge is 0.483 e. The number of aryl methyl sites for hydroxylation is 1. The number of halogens is 2. The molecule has 7 nitrogen and oxygen atoms in total. The van der Waals surface area contributed by atoms with Gasteiger partial charge in [0, 0.05) is 10.0 Å². The van der Waals surface area contributed by atoms with Gasteiger partial charge in [-0.05, 0) is 70.2 Å². The number of nitrogens with one attached hydrogen (secondary N) is 1. The lowest BCUT2D eigenvalue weighted by atomic mass is 10.0. The molecule has 0 saturated carbocycles. The molecule has 0 unspecified atom stereocenters. The first-order chi connectivity index (χ1) is 15.7. The fraction of sp³-hybridized carbons (Fsp3) is 0.208. The quantitative estimate of drug-likeness (QED) is 0.154. The third kappa shape index (κ3) is 6.79. The highest BCUT2D eigenvalue weighted by molar-refractivity contribution is 9.11. The van der Waals surface area contributed by atoms with E-state index in [0.717, 1.165) is 15.6 Å². The van der Waals surface area contributed by atoms with E-state index in [2.05, 4.69) is 56.2 Å². The zero-order valence-electron chi connectivity index (χ0n) is 18.2. The number of furan rings is 1. The summed E-state index contributed by atoms with van der Waals surface area (Å²) in [5, 5.41) is 3.98. The Hall–Kier alpha value is -2.91. The summed E-state index contributed by atoms with van der Waals surface area (Å²) in [5.74, 6) is 0.149. The summed E-state index contributed by atoms with van der Waals surface area (Å²) in [4.78, 5) is 24.5. The summed E-state index contributed by atoms with van der Waals surface area (Å²) in [6.07, 6.45) is 2.76. The molecule has 0 aliphatic heterocycles. The second-order valence-electron chi connectivity index (χ2n) is 7.45. The standard InChI is InChI=1S/C24H22Br2N2O5/c1-14(2)18-7-6-15(3)9-21(18)32-13-22(29)28-27-12-16-10-17(25)11-19(26)23(16)33-24(30)20-5-4-8-31-20/h4-12,14H,13H2,1-3H3,(H,28,29)/b27-12+. The highest BCUT2D eigenvalue weighted by Crippen LogP contribution is 2.33. The van der Waals surface area contributed by atoms with Crippen LogP contribution in [0, 0.1) is 6.92 Å². The van der Waals surface area contributed by atoms with E-state index in [-0.39, 0.29) is 24.0 Å². The Morgan fingerprint density at radius 3 is 2.67 bits per heavy atom. The van der Waals surface area contributed by atoms with Crippen LogP contribution in [0.25, 0.3) is 0 Å². The molecule has 1 N–H and O–H groups in total. The van der Waals surface area contributed by atoms with Gasteiger partial charge in [-0.1, -0.05) is 41.9 Å². The van der Waals surface area contributed by atoms with Gasteiger partial charge in [0.05, 0.1) is 17.0 Å². The van der Waals surface area contributed by atoms with E-state index in [1.165, 1.54) is 18.5 Å². The molecule has 0 aliphatic carbocycles. The smallest absolute Gasteiger partial charge is 0.379 e. The summed E-state index contributed by atoms with van der Waals surface area (Å²) in [6.45, 7) is 5.90. The minimum absolute atomic E-state index is 0.0649. The lowest BCUT2D eigenvalue weighted by molar-refractivity contribution is -0.123. The summed E-state index contributed by atoms with van der Waals surface area (Å²) < 4.78 is 17.5. The van der Waals surface area contributed by atoms with Gasteiger partial charge in [-0.25, -0.2) is 10.2 Å². The molecule has 1 aromatic heterocycles. The van der Waals surface area contributed by atoms with E-state index in [1.807, 2.05) is 25.1 Å². The molecule has 2 aromatic carbocycles. The Labute approximate surface area is 208 Å². The first-order valence-corrected chi connectivity index (χ1v) is 11.6. The van der Waals surface area contributed by atoms with Gasteiger partial charge in [0.15, 0.2) is 12.4 Å². The Morgan fingerprint density at radius 1 is 1.18 bits per heavy atom. The zero-order chi connectivity index (χ0) is 24.0. The van der Waals surface area contributed by atoms with Gasteiger partial charge in [0.1, 0.15) is 5.75 Å². The van der Waals surface area contributed by atoms with Crippen molar-refractivity contribution in [3.8, 4) is 11.5 Å². The molecule has 0 spiro atoms. The monoisotopic (exact) mass is 576 g/mol.